The fourth-order valence-electron chi connectivity index (χ4n) is 7.30. The largest absolute Gasteiger partial charge is 0.481 e. The predicted molar refractivity (Wildman–Crippen MR) is 122 cm³/mol. The Bertz CT molecular complexity index is 1060. The molecule has 0 bridgehead atoms. The summed E-state index contributed by atoms with van der Waals surface area (Å²) in [5, 5.41) is 32.8. The average molecular weight is 491 g/mol. The highest BCUT2D eigenvalue weighted by molar-refractivity contribution is 6.04. The van der Waals surface area contributed by atoms with Crippen molar-refractivity contribution in [3.05, 3.63) is 23.3 Å². The van der Waals surface area contributed by atoms with Crippen molar-refractivity contribution < 1.29 is 44.0 Å². The Morgan fingerprint density at radius 3 is 2.40 bits per heavy atom. The van der Waals surface area contributed by atoms with Gasteiger partial charge in [0.25, 0.3) is 0 Å². The summed E-state index contributed by atoms with van der Waals surface area (Å²) in [6, 6.07) is 0. The number of Topliss-reactive ketones (excluding diaryl/α,β-unsaturated/α-hetero) is 1. The quantitative estimate of drug-likeness (QED) is 0.375. The Morgan fingerprint density at radius 1 is 1.14 bits per heavy atom. The average Bonchev–Trinajstić information content (AvgIpc) is 3.14. The van der Waals surface area contributed by atoms with Crippen molar-refractivity contribution in [3.63, 3.8) is 0 Å². The summed E-state index contributed by atoms with van der Waals surface area (Å²) in [6.45, 7) is 8.54. The highest BCUT2D eigenvalue weighted by atomic mass is 16.6. The van der Waals surface area contributed by atoms with Crippen LogP contribution >= 0.6 is 0 Å². The number of carboxylic acid groups (broad SMARTS) is 1. The standard InChI is InChI=1S/C26H34O9/c1-13-8-18-24(32,22(13)31)11-16(12-34-20(30)7-6-19(28)29)9-17-21-23(4,5)25(21,35-15(3)27)10-14(2)26(17,18)33/h8-9,14,17-18,21,32-33H,6-7,10-12H2,1-5H3,(H,28,29)/t14-,17+,18?,21-,24-,25+,26-/m1/s1. The van der Waals surface area contributed by atoms with Gasteiger partial charge in [0.15, 0.2) is 5.78 Å². The minimum Gasteiger partial charge on any atom is -0.481 e. The monoisotopic (exact) mass is 490 g/mol. The number of aliphatic carboxylic acids is 1. The minimum absolute atomic E-state index is 0.129. The molecule has 4 rings (SSSR count). The third kappa shape index (κ3) is 3.57. The summed E-state index contributed by atoms with van der Waals surface area (Å²) in [5.74, 6) is -4.88. The maximum Gasteiger partial charge on any atom is 0.306 e. The summed E-state index contributed by atoms with van der Waals surface area (Å²) in [5.41, 5.74) is -3.83. The van der Waals surface area contributed by atoms with Crippen LogP contribution in [0, 0.1) is 29.1 Å². The highest BCUT2D eigenvalue weighted by Crippen LogP contribution is 2.76. The molecular weight excluding hydrogens is 456 g/mol. The number of ketones is 1. The molecule has 0 amide bonds. The van der Waals surface area contributed by atoms with Gasteiger partial charge in [-0.2, -0.15) is 0 Å². The van der Waals surface area contributed by atoms with E-state index >= 15 is 0 Å². The molecule has 0 aromatic rings. The maximum atomic E-state index is 13.1. The molecular formula is C26H34O9. The fourth-order valence-corrected chi connectivity index (χ4v) is 7.30. The number of esters is 2. The van der Waals surface area contributed by atoms with Crippen LogP contribution in [0.15, 0.2) is 23.3 Å². The van der Waals surface area contributed by atoms with Gasteiger partial charge in [-0.1, -0.05) is 32.9 Å². The normalized spacial score (nSPS) is 40.8. The number of carbonyl (C=O) groups is 4. The Kier molecular flexibility index (Phi) is 5.84. The molecule has 4 aliphatic rings. The first-order chi connectivity index (χ1) is 16.1. The molecule has 0 aromatic carbocycles. The van der Waals surface area contributed by atoms with Crippen LogP contribution in [0.3, 0.4) is 0 Å². The smallest absolute Gasteiger partial charge is 0.306 e. The zero-order valence-corrected chi connectivity index (χ0v) is 20.8. The number of hydrogen-bond acceptors (Lipinski definition) is 8. The van der Waals surface area contributed by atoms with Crippen molar-refractivity contribution in [2.24, 2.45) is 29.1 Å². The van der Waals surface area contributed by atoms with Crippen LogP contribution < -0.4 is 0 Å². The van der Waals surface area contributed by atoms with Crippen molar-refractivity contribution in [1.29, 1.82) is 0 Å². The number of aliphatic hydroxyl groups is 2. The molecule has 9 nitrogen and oxygen atoms in total. The van der Waals surface area contributed by atoms with Gasteiger partial charge >= 0.3 is 17.9 Å². The molecule has 0 aromatic heterocycles. The van der Waals surface area contributed by atoms with Crippen LogP contribution in [0.5, 0.6) is 0 Å². The van der Waals surface area contributed by atoms with E-state index in [0.717, 1.165) is 0 Å². The molecule has 2 saturated carbocycles. The number of hydrogen-bond donors (Lipinski definition) is 3. The molecule has 0 aliphatic heterocycles. The van der Waals surface area contributed by atoms with Crippen LogP contribution in [-0.4, -0.2) is 62.4 Å². The van der Waals surface area contributed by atoms with E-state index in [-0.39, 0.29) is 31.8 Å². The van der Waals surface area contributed by atoms with E-state index in [1.165, 1.54) is 6.92 Å². The molecule has 0 radical (unpaired) electrons. The van der Waals surface area contributed by atoms with E-state index in [1.54, 1.807) is 19.1 Å². The summed E-state index contributed by atoms with van der Waals surface area (Å²) in [7, 11) is 0. The van der Waals surface area contributed by atoms with Gasteiger partial charge in [0.1, 0.15) is 17.8 Å². The fraction of sp³-hybridized carbons (Fsp3) is 0.692. The van der Waals surface area contributed by atoms with Gasteiger partial charge in [0.05, 0.1) is 18.4 Å². The molecule has 3 N–H and O–H groups in total. The molecule has 0 spiro atoms. The zero-order valence-electron chi connectivity index (χ0n) is 20.8. The van der Waals surface area contributed by atoms with E-state index in [0.29, 0.717) is 17.6 Å². The lowest BCUT2D eigenvalue weighted by atomic mass is 9.60. The first-order valence-corrected chi connectivity index (χ1v) is 12.1. The SMILES string of the molecule is CC(=O)O[C@@]12C[C@@H](C)[C@]3(O)C4C=C(C)C(=O)[C@@]4(O)CC(COC(=O)CCC(=O)O)=C[C@H]3[C@@H]1C2(C)C. The summed E-state index contributed by atoms with van der Waals surface area (Å²) in [6.07, 6.45) is 3.02. The van der Waals surface area contributed by atoms with Gasteiger partial charge in [-0.3, -0.25) is 19.2 Å². The van der Waals surface area contributed by atoms with E-state index in [1.807, 2.05) is 20.8 Å². The van der Waals surface area contributed by atoms with E-state index in [9.17, 15) is 29.4 Å². The number of fused-ring (bicyclic) bond motifs is 5. The highest BCUT2D eigenvalue weighted by Gasteiger charge is 2.83. The summed E-state index contributed by atoms with van der Waals surface area (Å²) >= 11 is 0. The minimum atomic E-state index is -1.90. The zero-order chi connectivity index (χ0) is 26.1. The second kappa shape index (κ2) is 8.00. The summed E-state index contributed by atoms with van der Waals surface area (Å²) < 4.78 is 11.2. The first kappa shape index (κ1) is 25.6. The number of ether oxygens (including phenoxy) is 2. The number of carbonyl (C=O) groups excluding carboxylic acids is 3. The van der Waals surface area contributed by atoms with E-state index in [4.69, 9.17) is 14.6 Å². The second-order valence-corrected chi connectivity index (χ2v) is 11.3. The lowest BCUT2D eigenvalue weighted by Crippen LogP contribution is -2.61. The summed E-state index contributed by atoms with van der Waals surface area (Å²) in [4.78, 5) is 48.0. The lowest BCUT2D eigenvalue weighted by molar-refractivity contribution is -0.186. The third-order valence-electron chi connectivity index (χ3n) is 8.96. The molecule has 35 heavy (non-hydrogen) atoms. The van der Waals surface area contributed by atoms with Gasteiger partial charge in [0, 0.05) is 36.5 Å². The van der Waals surface area contributed by atoms with Gasteiger partial charge in [-0.05, 0) is 30.4 Å². The second-order valence-electron chi connectivity index (χ2n) is 11.3. The molecule has 9 heteroatoms. The van der Waals surface area contributed by atoms with E-state index in [2.05, 4.69) is 0 Å². The maximum absolute atomic E-state index is 13.1. The molecule has 0 saturated heterocycles. The number of rotatable bonds is 6. The van der Waals surface area contributed by atoms with Crippen LogP contribution in [0.4, 0.5) is 0 Å². The molecule has 192 valence electrons. The van der Waals surface area contributed by atoms with Gasteiger partial charge in [0.2, 0.25) is 0 Å². The van der Waals surface area contributed by atoms with Crippen LogP contribution in [-0.2, 0) is 28.7 Å². The van der Waals surface area contributed by atoms with Crippen LogP contribution in [0.25, 0.3) is 0 Å². The van der Waals surface area contributed by atoms with Crippen molar-refractivity contribution in [2.45, 2.75) is 77.1 Å². The molecule has 0 heterocycles. The first-order valence-electron chi connectivity index (χ1n) is 12.1. The lowest BCUT2D eigenvalue weighted by Gasteiger charge is -2.50. The molecule has 2 fully saturated rings. The van der Waals surface area contributed by atoms with Crippen molar-refractivity contribution in [3.8, 4) is 0 Å². The van der Waals surface area contributed by atoms with Crippen molar-refractivity contribution >= 4 is 23.7 Å². The van der Waals surface area contributed by atoms with E-state index < -0.39 is 63.7 Å². The Morgan fingerprint density at radius 2 is 1.80 bits per heavy atom. The Balaban J connectivity index is 1.75. The van der Waals surface area contributed by atoms with Crippen LogP contribution in [0.1, 0.15) is 60.3 Å². The Hall–Kier alpha value is -2.52. The topological polar surface area (TPSA) is 147 Å². The van der Waals surface area contributed by atoms with Crippen molar-refractivity contribution in [2.75, 3.05) is 6.61 Å². The third-order valence-corrected chi connectivity index (χ3v) is 8.96. The predicted octanol–water partition coefficient (Wildman–Crippen LogP) is 1.95. The van der Waals surface area contributed by atoms with Gasteiger partial charge in [-0.25, -0.2) is 0 Å². The molecule has 1 unspecified atom stereocenters. The van der Waals surface area contributed by atoms with Crippen LogP contribution in [0.2, 0.25) is 0 Å². The Labute approximate surface area is 204 Å². The van der Waals surface area contributed by atoms with Gasteiger partial charge < -0.3 is 24.8 Å². The van der Waals surface area contributed by atoms with Gasteiger partial charge in [-0.15, -0.1) is 0 Å². The molecule has 4 aliphatic carbocycles. The van der Waals surface area contributed by atoms with Crippen molar-refractivity contribution in [1.82, 2.24) is 0 Å². The number of carboxylic acids is 1. The molecule has 7 atom stereocenters.